The first kappa shape index (κ1) is 30.6. The predicted molar refractivity (Wildman–Crippen MR) is 155 cm³/mol. The van der Waals surface area contributed by atoms with Gasteiger partial charge in [0, 0.05) is 11.8 Å². The minimum Gasteiger partial charge on any atom is -0.215 e. The summed E-state index contributed by atoms with van der Waals surface area (Å²) < 4.78 is 13.9. The van der Waals surface area contributed by atoms with Gasteiger partial charge in [0.15, 0.2) is 0 Å². The van der Waals surface area contributed by atoms with Gasteiger partial charge in [0.2, 0.25) is 0 Å². The lowest BCUT2D eigenvalue weighted by Gasteiger charge is -2.35. The molecule has 0 radical (unpaired) electrons. The number of allylic oxidation sites excluding steroid dienone is 11. The maximum atomic E-state index is 13.9. The molecule has 0 saturated heterocycles. The van der Waals surface area contributed by atoms with Crippen LogP contribution in [0.2, 0.25) is 0 Å². The van der Waals surface area contributed by atoms with E-state index in [4.69, 9.17) is 0 Å². The summed E-state index contributed by atoms with van der Waals surface area (Å²) in [5.41, 5.74) is 4.92. The summed E-state index contributed by atoms with van der Waals surface area (Å²) in [6, 6.07) is 10.9. The molecule has 5 unspecified atom stereocenters. The highest BCUT2D eigenvalue weighted by Crippen LogP contribution is 2.44. The van der Waals surface area contributed by atoms with E-state index in [-0.39, 0.29) is 11.8 Å². The minimum atomic E-state index is 0.0281. The molecule has 1 aromatic carbocycles. The summed E-state index contributed by atoms with van der Waals surface area (Å²) >= 11 is 0. The molecule has 1 aromatic rings. The van der Waals surface area contributed by atoms with Gasteiger partial charge in [0.25, 0.3) is 0 Å². The zero-order valence-electron chi connectivity index (χ0n) is 23.5. The van der Waals surface area contributed by atoms with Gasteiger partial charge in [-0.1, -0.05) is 125 Å². The molecule has 35 heavy (non-hydrogen) atoms. The van der Waals surface area contributed by atoms with Crippen LogP contribution in [-0.4, -0.2) is 0 Å². The van der Waals surface area contributed by atoms with Crippen LogP contribution in [0.25, 0.3) is 0 Å². The fourth-order valence-corrected chi connectivity index (χ4v) is 5.17. The first-order valence-corrected chi connectivity index (χ1v) is 13.5. The van der Waals surface area contributed by atoms with Crippen LogP contribution in [0.4, 0.5) is 4.39 Å². The molecule has 0 nitrogen and oxygen atoms in total. The van der Waals surface area contributed by atoms with Gasteiger partial charge in [-0.3, -0.25) is 0 Å². The maximum Gasteiger partial charge on any atom is 0.0904 e. The van der Waals surface area contributed by atoms with Crippen LogP contribution in [0.3, 0.4) is 0 Å². The number of benzene rings is 1. The molecule has 0 aliphatic carbocycles. The van der Waals surface area contributed by atoms with Gasteiger partial charge in [-0.2, -0.15) is 0 Å². The zero-order chi connectivity index (χ0) is 26.2. The standard InChI is InChI=1S/C34H49F/c1-9-14-16-21-26(6)27(7)24-30(19-10-2)34(29-22-17-15-18-23-29)33(13-5)32(12-4)28(8)31(25-35)20-11-3/h9,11-12,14-23,25-28,33-34H,10,13,24H2,1-8H3/b14-9+,20-11-,21-16-,30-19-,31-25+,32-12-. The van der Waals surface area contributed by atoms with Crippen molar-refractivity contribution in [3.05, 3.63) is 108 Å². The highest BCUT2D eigenvalue weighted by molar-refractivity contribution is 5.37. The van der Waals surface area contributed by atoms with E-state index in [0.29, 0.717) is 17.8 Å². The van der Waals surface area contributed by atoms with E-state index < -0.39 is 0 Å². The van der Waals surface area contributed by atoms with Crippen molar-refractivity contribution in [1.29, 1.82) is 0 Å². The van der Waals surface area contributed by atoms with Crippen molar-refractivity contribution in [2.45, 2.75) is 80.6 Å². The van der Waals surface area contributed by atoms with Gasteiger partial charge in [-0.25, -0.2) is 4.39 Å². The summed E-state index contributed by atoms with van der Waals surface area (Å²) in [6.45, 7) is 17.5. The van der Waals surface area contributed by atoms with Crippen LogP contribution in [0.5, 0.6) is 0 Å². The van der Waals surface area contributed by atoms with Crippen molar-refractivity contribution in [1.82, 2.24) is 0 Å². The SMILES string of the molecule is C/C=C\C(=C/F)C(C)/C(=C/C)C(CC)C(/C(=C\CC)CC(C)C(C)/C=C\C=C\C)c1ccccc1. The Bertz CT molecular complexity index is 894. The Kier molecular flexibility index (Phi) is 15.0. The molecule has 0 saturated carbocycles. The van der Waals surface area contributed by atoms with E-state index in [1.165, 1.54) is 16.7 Å². The zero-order valence-corrected chi connectivity index (χ0v) is 23.5. The Morgan fingerprint density at radius 1 is 0.943 bits per heavy atom. The maximum absolute atomic E-state index is 13.9. The smallest absolute Gasteiger partial charge is 0.0904 e. The van der Waals surface area contributed by atoms with Crippen LogP contribution in [0.1, 0.15) is 86.1 Å². The third-order valence-corrected chi connectivity index (χ3v) is 7.29. The lowest BCUT2D eigenvalue weighted by Crippen LogP contribution is -2.23. The summed E-state index contributed by atoms with van der Waals surface area (Å²) in [7, 11) is 0. The molecule has 0 amide bonds. The summed E-state index contributed by atoms with van der Waals surface area (Å²) in [4.78, 5) is 0. The first-order chi connectivity index (χ1) is 16.9. The van der Waals surface area contributed by atoms with Crippen LogP contribution < -0.4 is 0 Å². The number of halogens is 1. The Labute approximate surface area is 216 Å². The second-order valence-corrected chi connectivity index (χ2v) is 9.66. The highest BCUT2D eigenvalue weighted by atomic mass is 19.1. The Balaban J connectivity index is 3.55. The summed E-state index contributed by atoms with van der Waals surface area (Å²) in [5, 5.41) is 0. The lowest BCUT2D eigenvalue weighted by atomic mass is 9.69. The molecule has 0 aromatic heterocycles. The molecule has 0 aliphatic rings. The molecule has 5 atom stereocenters. The molecular weight excluding hydrogens is 427 g/mol. The second kappa shape index (κ2) is 17.1. The van der Waals surface area contributed by atoms with Gasteiger partial charge in [0.05, 0.1) is 6.33 Å². The van der Waals surface area contributed by atoms with E-state index in [1.54, 1.807) is 0 Å². The van der Waals surface area contributed by atoms with Crippen molar-refractivity contribution in [2.75, 3.05) is 0 Å². The average molecular weight is 477 g/mol. The number of rotatable bonds is 14. The lowest BCUT2D eigenvalue weighted by molar-refractivity contribution is 0.412. The van der Waals surface area contributed by atoms with Gasteiger partial charge in [0.1, 0.15) is 0 Å². The largest absolute Gasteiger partial charge is 0.215 e. The van der Waals surface area contributed by atoms with E-state index >= 15 is 0 Å². The predicted octanol–water partition coefficient (Wildman–Crippen LogP) is 10.9. The molecular formula is C34H49F. The van der Waals surface area contributed by atoms with E-state index in [0.717, 1.165) is 31.2 Å². The average Bonchev–Trinajstić information content (AvgIpc) is 2.87. The van der Waals surface area contributed by atoms with Gasteiger partial charge < -0.3 is 0 Å². The molecule has 0 spiro atoms. The third-order valence-electron chi connectivity index (χ3n) is 7.29. The summed E-state index contributed by atoms with van der Waals surface area (Å²) in [5.74, 6) is 1.61. The first-order valence-electron chi connectivity index (χ1n) is 13.5. The van der Waals surface area contributed by atoms with E-state index in [9.17, 15) is 4.39 Å². The minimum absolute atomic E-state index is 0.0281. The molecule has 1 rings (SSSR count). The molecule has 0 fully saturated rings. The van der Waals surface area contributed by atoms with Crippen LogP contribution in [-0.2, 0) is 0 Å². The molecule has 0 bridgehead atoms. The summed E-state index contributed by atoms with van der Waals surface area (Å²) in [6.07, 6.45) is 21.0. The monoisotopic (exact) mass is 476 g/mol. The highest BCUT2D eigenvalue weighted by Gasteiger charge is 2.31. The fourth-order valence-electron chi connectivity index (χ4n) is 5.17. The van der Waals surface area contributed by atoms with Crippen molar-refractivity contribution in [2.24, 2.45) is 23.7 Å². The topological polar surface area (TPSA) is 0 Å². The van der Waals surface area contributed by atoms with E-state index in [1.807, 2.05) is 19.1 Å². The second-order valence-electron chi connectivity index (χ2n) is 9.66. The molecule has 0 aliphatic heterocycles. The van der Waals surface area contributed by atoms with Crippen molar-refractivity contribution < 1.29 is 4.39 Å². The van der Waals surface area contributed by atoms with Gasteiger partial charge in [-0.15, -0.1) is 0 Å². The Morgan fingerprint density at radius 3 is 2.14 bits per heavy atom. The van der Waals surface area contributed by atoms with Crippen LogP contribution in [0, 0.1) is 23.7 Å². The van der Waals surface area contributed by atoms with Crippen molar-refractivity contribution >= 4 is 0 Å². The van der Waals surface area contributed by atoms with E-state index in [2.05, 4.69) is 115 Å². The van der Waals surface area contributed by atoms with Gasteiger partial charge >= 0.3 is 0 Å². The normalized spacial score (nSPS) is 18.4. The number of hydrogen-bond donors (Lipinski definition) is 0. The third kappa shape index (κ3) is 9.28. The van der Waals surface area contributed by atoms with Crippen molar-refractivity contribution in [3.8, 4) is 0 Å². The van der Waals surface area contributed by atoms with Gasteiger partial charge in [-0.05, 0) is 68.9 Å². The van der Waals surface area contributed by atoms with Crippen molar-refractivity contribution in [3.63, 3.8) is 0 Å². The van der Waals surface area contributed by atoms with Crippen LogP contribution >= 0.6 is 0 Å². The quantitative estimate of drug-likeness (QED) is 0.185. The molecule has 1 heteroatoms. The molecule has 0 N–H and O–H groups in total. The fraction of sp³-hybridized carbons (Fsp3) is 0.471. The van der Waals surface area contributed by atoms with Crippen LogP contribution in [0.15, 0.2) is 102 Å². The number of hydrogen-bond acceptors (Lipinski definition) is 0. The molecule has 192 valence electrons. The Hall–Kier alpha value is -2.41. The Morgan fingerprint density at radius 2 is 1.63 bits per heavy atom. The molecule has 0 heterocycles.